The zero-order chi connectivity index (χ0) is 14.3. The molecule has 0 fully saturated rings. The Kier molecular flexibility index (Phi) is 3.33. The van der Waals surface area contributed by atoms with Gasteiger partial charge in [0.1, 0.15) is 0 Å². The molecular formula is C16H25N3. The van der Waals surface area contributed by atoms with E-state index in [0.29, 0.717) is 0 Å². The Hall–Kier alpha value is -1.51. The van der Waals surface area contributed by atoms with Crippen molar-refractivity contribution in [3.05, 3.63) is 24.3 Å². The molecule has 1 aromatic carbocycles. The van der Waals surface area contributed by atoms with Crippen molar-refractivity contribution in [3.63, 3.8) is 0 Å². The lowest BCUT2D eigenvalue weighted by Crippen LogP contribution is -2.36. The first kappa shape index (κ1) is 13.9. The van der Waals surface area contributed by atoms with Crippen LogP contribution in [-0.4, -0.2) is 16.1 Å². The van der Waals surface area contributed by atoms with Crippen LogP contribution in [0.3, 0.4) is 0 Å². The summed E-state index contributed by atoms with van der Waals surface area (Å²) in [7, 11) is 2.06. The summed E-state index contributed by atoms with van der Waals surface area (Å²) in [6.45, 7) is 12.3. The van der Waals surface area contributed by atoms with Gasteiger partial charge in [-0.3, -0.25) is 0 Å². The fourth-order valence-corrected chi connectivity index (χ4v) is 1.87. The lowest BCUT2D eigenvalue weighted by Gasteiger charge is -2.39. The number of nitrogens with zero attached hydrogens (tertiary/aromatic N) is 2. The molecule has 0 aliphatic carbocycles. The summed E-state index contributed by atoms with van der Waals surface area (Å²) < 4.78 is 2.12. The number of aryl methyl sites for hydroxylation is 1. The second-order valence-electron chi connectivity index (χ2n) is 6.97. The summed E-state index contributed by atoms with van der Waals surface area (Å²) in [5.74, 6) is 0.943. The minimum absolute atomic E-state index is 0.200. The van der Waals surface area contributed by atoms with Crippen LogP contribution in [0.5, 0.6) is 0 Å². The van der Waals surface area contributed by atoms with E-state index in [2.05, 4.69) is 68.7 Å². The van der Waals surface area contributed by atoms with E-state index in [0.717, 1.165) is 18.0 Å². The summed E-state index contributed by atoms with van der Waals surface area (Å²) in [5, 5.41) is 3.50. The molecule has 2 rings (SSSR count). The van der Waals surface area contributed by atoms with Crippen LogP contribution in [0, 0.1) is 10.8 Å². The average molecular weight is 259 g/mol. The predicted octanol–water partition coefficient (Wildman–Crippen LogP) is 4.06. The van der Waals surface area contributed by atoms with E-state index in [-0.39, 0.29) is 10.8 Å². The molecule has 0 amide bonds. The third-order valence-electron chi connectivity index (χ3n) is 4.51. The highest BCUT2D eigenvalue weighted by Gasteiger charge is 2.32. The predicted molar refractivity (Wildman–Crippen MR) is 82.4 cm³/mol. The number of anilines is 1. The molecule has 1 heterocycles. The topological polar surface area (TPSA) is 29.9 Å². The molecule has 0 bridgehead atoms. The number of para-hydroxylation sites is 2. The maximum absolute atomic E-state index is 4.65. The average Bonchev–Trinajstić information content (AvgIpc) is 2.63. The fraction of sp³-hybridized carbons (Fsp3) is 0.562. The molecule has 3 heteroatoms. The number of imidazole rings is 1. The first-order chi connectivity index (χ1) is 8.72. The Morgan fingerprint density at radius 1 is 1.11 bits per heavy atom. The highest BCUT2D eigenvalue weighted by Crippen LogP contribution is 2.37. The molecule has 0 aliphatic rings. The van der Waals surface area contributed by atoms with Crippen molar-refractivity contribution in [2.45, 2.75) is 34.6 Å². The molecule has 0 unspecified atom stereocenters. The molecule has 0 spiro atoms. The van der Waals surface area contributed by atoms with E-state index in [1.165, 1.54) is 5.52 Å². The van der Waals surface area contributed by atoms with Gasteiger partial charge in [-0.05, 0) is 23.0 Å². The smallest absolute Gasteiger partial charge is 0.203 e. The zero-order valence-corrected chi connectivity index (χ0v) is 12.9. The third-order valence-corrected chi connectivity index (χ3v) is 4.51. The number of fused-ring (bicyclic) bond motifs is 1. The maximum atomic E-state index is 4.65. The van der Waals surface area contributed by atoms with Gasteiger partial charge >= 0.3 is 0 Å². The molecule has 1 aromatic heterocycles. The standard InChI is InChI=1S/C16H25N3/c1-15(2,3)16(4,5)11-17-14-18-12-9-7-8-10-13(12)19(14)6/h7-10H,11H2,1-6H3,(H,17,18). The molecule has 0 aliphatic heterocycles. The van der Waals surface area contributed by atoms with Crippen molar-refractivity contribution >= 4 is 17.0 Å². The summed E-state index contributed by atoms with van der Waals surface area (Å²) in [6, 6.07) is 8.23. The minimum atomic E-state index is 0.200. The highest BCUT2D eigenvalue weighted by molar-refractivity contribution is 5.78. The van der Waals surface area contributed by atoms with E-state index in [1.54, 1.807) is 0 Å². The summed E-state index contributed by atoms with van der Waals surface area (Å²) >= 11 is 0. The van der Waals surface area contributed by atoms with Gasteiger partial charge in [0.2, 0.25) is 5.95 Å². The second-order valence-corrected chi connectivity index (χ2v) is 6.97. The van der Waals surface area contributed by atoms with Crippen molar-refractivity contribution in [2.24, 2.45) is 17.9 Å². The van der Waals surface area contributed by atoms with Crippen LogP contribution in [0.1, 0.15) is 34.6 Å². The third kappa shape index (κ3) is 2.60. The van der Waals surface area contributed by atoms with Crippen LogP contribution < -0.4 is 5.32 Å². The van der Waals surface area contributed by atoms with Crippen molar-refractivity contribution in [1.82, 2.24) is 9.55 Å². The lowest BCUT2D eigenvalue weighted by molar-refractivity contribution is 0.147. The summed E-state index contributed by atoms with van der Waals surface area (Å²) in [4.78, 5) is 4.65. The first-order valence-corrected chi connectivity index (χ1v) is 6.88. The van der Waals surface area contributed by atoms with Crippen LogP contribution in [-0.2, 0) is 7.05 Å². The molecule has 1 N–H and O–H groups in total. The number of aromatic nitrogens is 2. The fourth-order valence-electron chi connectivity index (χ4n) is 1.87. The molecule has 0 saturated carbocycles. The van der Waals surface area contributed by atoms with Gasteiger partial charge in [0, 0.05) is 13.6 Å². The second kappa shape index (κ2) is 4.55. The SMILES string of the molecule is Cn1c(NCC(C)(C)C(C)(C)C)nc2ccccc21. The highest BCUT2D eigenvalue weighted by atomic mass is 15.2. The summed E-state index contributed by atoms with van der Waals surface area (Å²) in [6.07, 6.45) is 0. The van der Waals surface area contributed by atoms with E-state index in [4.69, 9.17) is 0 Å². The Bertz CT molecular complexity index is 573. The van der Waals surface area contributed by atoms with Crippen LogP contribution in [0.4, 0.5) is 5.95 Å². The van der Waals surface area contributed by atoms with Gasteiger partial charge < -0.3 is 9.88 Å². The van der Waals surface area contributed by atoms with Crippen LogP contribution in [0.15, 0.2) is 24.3 Å². The van der Waals surface area contributed by atoms with Gasteiger partial charge in [-0.2, -0.15) is 0 Å². The summed E-state index contributed by atoms with van der Waals surface area (Å²) in [5.41, 5.74) is 2.66. The minimum Gasteiger partial charge on any atom is -0.355 e. The molecular weight excluding hydrogens is 234 g/mol. The number of nitrogens with one attached hydrogen (secondary N) is 1. The molecule has 0 radical (unpaired) electrons. The first-order valence-electron chi connectivity index (χ1n) is 6.88. The van der Waals surface area contributed by atoms with Crippen molar-refractivity contribution < 1.29 is 0 Å². The van der Waals surface area contributed by atoms with Gasteiger partial charge in [-0.25, -0.2) is 4.98 Å². The van der Waals surface area contributed by atoms with Crippen LogP contribution in [0.2, 0.25) is 0 Å². The molecule has 3 nitrogen and oxygen atoms in total. The molecule has 2 aromatic rings. The molecule has 19 heavy (non-hydrogen) atoms. The Morgan fingerprint density at radius 2 is 1.74 bits per heavy atom. The van der Waals surface area contributed by atoms with Crippen molar-refractivity contribution in [1.29, 1.82) is 0 Å². The molecule has 104 valence electrons. The van der Waals surface area contributed by atoms with Gasteiger partial charge in [0.25, 0.3) is 0 Å². The number of hydrogen-bond acceptors (Lipinski definition) is 2. The van der Waals surface area contributed by atoms with Gasteiger partial charge in [0.05, 0.1) is 11.0 Å². The number of hydrogen-bond donors (Lipinski definition) is 1. The van der Waals surface area contributed by atoms with Crippen LogP contribution in [0.25, 0.3) is 11.0 Å². The van der Waals surface area contributed by atoms with Crippen molar-refractivity contribution in [3.8, 4) is 0 Å². The number of rotatable bonds is 3. The Morgan fingerprint density at radius 3 is 2.32 bits per heavy atom. The monoisotopic (exact) mass is 259 g/mol. The Balaban J connectivity index is 2.21. The normalized spacial score (nSPS) is 12.9. The molecule has 0 atom stereocenters. The van der Waals surface area contributed by atoms with E-state index in [1.807, 2.05) is 12.1 Å². The lowest BCUT2D eigenvalue weighted by atomic mass is 9.69. The van der Waals surface area contributed by atoms with Crippen molar-refractivity contribution in [2.75, 3.05) is 11.9 Å². The zero-order valence-electron chi connectivity index (χ0n) is 12.9. The largest absolute Gasteiger partial charge is 0.355 e. The quantitative estimate of drug-likeness (QED) is 0.901. The Labute approximate surface area is 116 Å². The molecule has 0 saturated heterocycles. The van der Waals surface area contributed by atoms with E-state index >= 15 is 0 Å². The van der Waals surface area contributed by atoms with Gasteiger partial charge in [-0.1, -0.05) is 46.8 Å². The number of benzene rings is 1. The van der Waals surface area contributed by atoms with E-state index in [9.17, 15) is 0 Å². The van der Waals surface area contributed by atoms with Gasteiger partial charge in [-0.15, -0.1) is 0 Å². The van der Waals surface area contributed by atoms with Crippen LogP contribution >= 0.6 is 0 Å². The maximum Gasteiger partial charge on any atom is 0.203 e. The van der Waals surface area contributed by atoms with E-state index < -0.39 is 0 Å². The van der Waals surface area contributed by atoms with Gasteiger partial charge in [0.15, 0.2) is 0 Å².